The smallest absolute Gasteiger partial charge is 0.289 e. The maximum Gasteiger partial charge on any atom is 0.290 e. The largest absolute Gasteiger partial charge is 0.290 e. The van der Waals surface area contributed by atoms with E-state index in [9.17, 15) is 14.4 Å². The highest BCUT2D eigenvalue weighted by Gasteiger charge is 2.24. The predicted octanol–water partition coefficient (Wildman–Crippen LogP) is 4.56. The quantitative estimate of drug-likeness (QED) is 0.633. The lowest BCUT2D eigenvalue weighted by Gasteiger charge is -1.99. The van der Waals surface area contributed by atoms with Crippen molar-refractivity contribution < 1.29 is 14.4 Å². The Morgan fingerprint density at radius 2 is 1.68 bits per heavy atom. The Labute approximate surface area is 153 Å². The fourth-order valence-electron chi connectivity index (χ4n) is 2.20. The Morgan fingerprint density at radius 1 is 1.00 bits per heavy atom. The van der Waals surface area contributed by atoms with Crippen LogP contribution in [0.1, 0.15) is 21.5 Å². The number of nitrogens with one attached hydrogen (secondary N) is 1. The van der Waals surface area contributed by atoms with E-state index in [-0.39, 0.29) is 16.9 Å². The third-order valence-corrected chi connectivity index (χ3v) is 4.58. The van der Waals surface area contributed by atoms with Crippen LogP contribution in [0.25, 0.3) is 12.2 Å². The highest BCUT2D eigenvalue weighted by molar-refractivity contribution is 8.18. The highest BCUT2D eigenvalue weighted by atomic mass is 35.5. The molecule has 2 amide bonds. The molecule has 0 saturated carbocycles. The van der Waals surface area contributed by atoms with Gasteiger partial charge in [-0.15, -0.1) is 0 Å². The van der Waals surface area contributed by atoms with E-state index in [1.165, 1.54) is 6.08 Å². The first kappa shape index (κ1) is 17.2. The second kappa shape index (κ2) is 7.51. The van der Waals surface area contributed by atoms with Crippen molar-refractivity contribution in [1.82, 2.24) is 5.32 Å². The number of carbonyl (C=O) groups excluding carboxylic acids is 3. The van der Waals surface area contributed by atoms with Crippen molar-refractivity contribution in [3.05, 3.63) is 81.2 Å². The molecule has 25 heavy (non-hydrogen) atoms. The molecule has 4 nitrogen and oxygen atoms in total. The topological polar surface area (TPSA) is 63.2 Å². The molecule has 2 aromatic carbocycles. The van der Waals surface area contributed by atoms with Crippen LogP contribution in [0, 0.1) is 0 Å². The number of hydrogen-bond donors (Lipinski definition) is 1. The van der Waals surface area contributed by atoms with Gasteiger partial charge in [-0.05, 0) is 47.2 Å². The summed E-state index contributed by atoms with van der Waals surface area (Å²) in [6.45, 7) is 0. The van der Waals surface area contributed by atoms with E-state index in [1.807, 2.05) is 24.3 Å². The molecule has 2 aromatic rings. The van der Waals surface area contributed by atoms with Crippen LogP contribution in [-0.2, 0) is 4.79 Å². The molecule has 0 aliphatic carbocycles. The van der Waals surface area contributed by atoms with Crippen molar-refractivity contribution in [2.45, 2.75) is 0 Å². The molecule has 1 aliphatic rings. The summed E-state index contributed by atoms with van der Waals surface area (Å²) in [4.78, 5) is 35.2. The Kier molecular flexibility index (Phi) is 5.16. The zero-order valence-electron chi connectivity index (χ0n) is 12.9. The van der Waals surface area contributed by atoms with Crippen LogP contribution in [0.4, 0.5) is 4.79 Å². The standard InChI is InChI=1S/C19H12ClNO3S/c20-15-4-2-1-3-14(15)16(22)10-9-12-5-7-13(8-6-12)11-17-18(23)21-19(24)25-17/h1-11H,(H,21,23,24)/b10-9+,17-11-. The number of hydrogen-bond acceptors (Lipinski definition) is 4. The van der Waals surface area contributed by atoms with Gasteiger partial charge in [0.05, 0.1) is 9.93 Å². The molecule has 0 bridgehead atoms. The van der Waals surface area contributed by atoms with Gasteiger partial charge >= 0.3 is 0 Å². The first-order chi connectivity index (χ1) is 12.0. The number of ketones is 1. The van der Waals surface area contributed by atoms with E-state index in [0.717, 1.165) is 22.9 Å². The molecule has 0 atom stereocenters. The van der Waals surface area contributed by atoms with Crippen molar-refractivity contribution in [2.24, 2.45) is 0 Å². The second-order valence-corrected chi connectivity index (χ2v) is 6.62. The van der Waals surface area contributed by atoms with Crippen molar-refractivity contribution in [3.63, 3.8) is 0 Å². The number of thioether (sulfide) groups is 1. The van der Waals surface area contributed by atoms with Gasteiger partial charge in [0.15, 0.2) is 5.78 Å². The fourth-order valence-corrected chi connectivity index (χ4v) is 3.11. The lowest BCUT2D eigenvalue weighted by Crippen LogP contribution is -2.17. The third-order valence-electron chi connectivity index (χ3n) is 3.44. The van der Waals surface area contributed by atoms with Crippen molar-refractivity contribution in [3.8, 4) is 0 Å². The monoisotopic (exact) mass is 369 g/mol. The number of imide groups is 1. The van der Waals surface area contributed by atoms with Crippen LogP contribution in [0.2, 0.25) is 5.02 Å². The van der Waals surface area contributed by atoms with E-state index in [1.54, 1.807) is 36.4 Å². The van der Waals surface area contributed by atoms with Crippen LogP contribution < -0.4 is 5.32 Å². The van der Waals surface area contributed by atoms with Gasteiger partial charge < -0.3 is 0 Å². The number of halogens is 1. The Morgan fingerprint density at radius 3 is 2.32 bits per heavy atom. The van der Waals surface area contributed by atoms with E-state index in [4.69, 9.17) is 11.6 Å². The maximum absolute atomic E-state index is 12.1. The molecule has 0 aromatic heterocycles. The normalized spacial score (nSPS) is 15.8. The Balaban J connectivity index is 1.72. The SMILES string of the molecule is O=C1NC(=O)/C(=C/c2ccc(/C=C/C(=O)c3ccccc3Cl)cc2)S1. The van der Waals surface area contributed by atoms with Crippen LogP contribution >= 0.6 is 23.4 Å². The molecule has 6 heteroatoms. The second-order valence-electron chi connectivity index (χ2n) is 5.20. The van der Waals surface area contributed by atoms with E-state index in [2.05, 4.69) is 5.32 Å². The molecule has 124 valence electrons. The zero-order valence-corrected chi connectivity index (χ0v) is 14.4. The molecule has 0 unspecified atom stereocenters. The lowest BCUT2D eigenvalue weighted by atomic mass is 10.1. The Bertz CT molecular complexity index is 917. The summed E-state index contributed by atoms with van der Waals surface area (Å²) in [5.74, 6) is -0.557. The molecule has 1 heterocycles. The number of allylic oxidation sites excluding steroid dienone is 1. The van der Waals surface area contributed by atoms with Gasteiger partial charge in [0.2, 0.25) is 0 Å². The molecule has 0 spiro atoms. The molecular formula is C19H12ClNO3S. The Hall–Kier alpha value is -2.63. The van der Waals surface area contributed by atoms with Gasteiger partial charge in [-0.3, -0.25) is 19.7 Å². The van der Waals surface area contributed by atoms with Gasteiger partial charge in [0, 0.05) is 5.56 Å². The summed E-state index contributed by atoms with van der Waals surface area (Å²) >= 11 is 6.88. The van der Waals surface area contributed by atoms with E-state index < -0.39 is 0 Å². The molecule has 1 N–H and O–H groups in total. The van der Waals surface area contributed by atoms with Gasteiger partial charge in [0.1, 0.15) is 0 Å². The van der Waals surface area contributed by atoms with Gasteiger partial charge in [-0.25, -0.2) is 0 Å². The third kappa shape index (κ3) is 4.26. The molecule has 1 aliphatic heterocycles. The average molecular weight is 370 g/mol. The first-order valence-corrected chi connectivity index (χ1v) is 8.54. The number of carbonyl (C=O) groups is 3. The van der Waals surface area contributed by atoms with Crippen LogP contribution in [-0.4, -0.2) is 16.9 Å². The van der Waals surface area contributed by atoms with Crippen molar-refractivity contribution >= 4 is 52.4 Å². The molecule has 1 saturated heterocycles. The molecular weight excluding hydrogens is 358 g/mol. The highest BCUT2D eigenvalue weighted by Crippen LogP contribution is 2.25. The molecule has 0 radical (unpaired) electrons. The zero-order chi connectivity index (χ0) is 17.8. The average Bonchev–Trinajstić information content (AvgIpc) is 2.91. The summed E-state index contributed by atoms with van der Waals surface area (Å²) in [5.41, 5.74) is 2.08. The summed E-state index contributed by atoms with van der Waals surface area (Å²) in [6, 6.07) is 14.1. The predicted molar refractivity (Wildman–Crippen MR) is 100 cm³/mol. The summed E-state index contributed by atoms with van der Waals surface area (Å²) < 4.78 is 0. The first-order valence-electron chi connectivity index (χ1n) is 7.35. The maximum atomic E-state index is 12.1. The fraction of sp³-hybridized carbons (Fsp3) is 0. The summed E-state index contributed by atoms with van der Waals surface area (Å²) in [6.07, 6.45) is 4.81. The minimum Gasteiger partial charge on any atom is -0.289 e. The minimum absolute atomic E-state index is 0.172. The van der Waals surface area contributed by atoms with Gasteiger partial charge in [0.25, 0.3) is 11.1 Å². The number of rotatable bonds is 4. The van der Waals surface area contributed by atoms with Gasteiger partial charge in [-0.2, -0.15) is 0 Å². The van der Waals surface area contributed by atoms with Crippen LogP contribution in [0.15, 0.2) is 59.5 Å². The minimum atomic E-state index is -0.385. The summed E-state index contributed by atoms with van der Waals surface area (Å²) in [7, 11) is 0. The molecule has 1 fully saturated rings. The van der Waals surface area contributed by atoms with Crippen LogP contribution in [0.5, 0.6) is 0 Å². The lowest BCUT2D eigenvalue weighted by molar-refractivity contribution is -0.115. The van der Waals surface area contributed by atoms with Gasteiger partial charge in [-0.1, -0.05) is 54.1 Å². The van der Waals surface area contributed by atoms with E-state index in [0.29, 0.717) is 15.5 Å². The van der Waals surface area contributed by atoms with Crippen LogP contribution in [0.3, 0.4) is 0 Å². The number of amides is 2. The van der Waals surface area contributed by atoms with Crippen molar-refractivity contribution in [1.29, 1.82) is 0 Å². The number of benzene rings is 2. The summed E-state index contributed by atoms with van der Waals surface area (Å²) in [5, 5.41) is 2.26. The molecule has 3 rings (SSSR count). The van der Waals surface area contributed by atoms with Crippen molar-refractivity contribution in [2.75, 3.05) is 0 Å². The van der Waals surface area contributed by atoms with E-state index >= 15 is 0 Å².